The lowest BCUT2D eigenvalue weighted by Crippen LogP contribution is -2.15. The van der Waals surface area contributed by atoms with Gasteiger partial charge in [-0.05, 0) is 38.7 Å². The van der Waals surface area contributed by atoms with E-state index in [1.807, 2.05) is 39.2 Å². The Labute approximate surface area is 127 Å². The summed E-state index contributed by atoms with van der Waals surface area (Å²) in [4.78, 5) is 17.6. The highest BCUT2D eigenvalue weighted by molar-refractivity contribution is 8.00. The summed E-state index contributed by atoms with van der Waals surface area (Å²) in [5, 5.41) is 2.97. The molecule has 0 atom stereocenters. The van der Waals surface area contributed by atoms with Crippen molar-refractivity contribution in [2.24, 2.45) is 0 Å². The fourth-order valence-electron chi connectivity index (χ4n) is 1.95. The van der Waals surface area contributed by atoms with E-state index in [0.29, 0.717) is 6.42 Å². The molecular weight excluding hydrogens is 288 g/mol. The van der Waals surface area contributed by atoms with E-state index in [1.54, 1.807) is 23.1 Å². The number of thioether (sulfide) groups is 1. The maximum Gasteiger partial charge on any atom is 0.229 e. The SMILES string of the molecule is CSc1nc(C)c(CC(=O)Nc2ccc(C)cc2C)s1. The van der Waals surface area contributed by atoms with Crippen molar-refractivity contribution >= 4 is 34.7 Å². The zero-order valence-corrected chi connectivity index (χ0v) is 13.7. The summed E-state index contributed by atoms with van der Waals surface area (Å²) < 4.78 is 1.01. The zero-order chi connectivity index (χ0) is 14.7. The second-order valence-electron chi connectivity index (χ2n) is 4.74. The fraction of sp³-hybridized carbons (Fsp3) is 0.333. The Morgan fingerprint density at radius 3 is 2.70 bits per heavy atom. The minimum atomic E-state index is 0.0105. The van der Waals surface area contributed by atoms with Crippen LogP contribution in [0.15, 0.2) is 22.5 Å². The van der Waals surface area contributed by atoms with Crippen LogP contribution >= 0.6 is 23.1 Å². The van der Waals surface area contributed by atoms with Crippen molar-refractivity contribution in [3.63, 3.8) is 0 Å². The Bertz CT molecular complexity index is 635. The number of nitrogens with zero attached hydrogens (tertiary/aromatic N) is 1. The van der Waals surface area contributed by atoms with Crippen molar-refractivity contribution in [2.75, 3.05) is 11.6 Å². The Morgan fingerprint density at radius 2 is 2.10 bits per heavy atom. The molecule has 0 bridgehead atoms. The molecule has 0 radical (unpaired) electrons. The van der Waals surface area contributed by atoms with Gasteiger partial charge in [0.2, 0.25) is 5.91 Å². The molecule has 0 saturated carbocycles. The highest BCUT2D eigenvalue weighted by atomic mass is 32.2. The van der Waals surface area contributed by atoms with Crippen molar-refractivity contribution in [1.82, 2.24) is 4.98 Å². The number of aromatic nitrogens is 1. The summed E-state index contributed by atoms with van der Waals surface area (Å²) in [7, 11) is 0. The highest BCUT2D eigenvalue weighted by Crippen LogP contribution is 2.26. The molecule has 1 amide bonds. The Hall–Kier alpha value is -1.33. The third-order valence-electron chi connectivity index (χ3n) is 3.02. The molecule has 0 aliphatic carbocycles. The lowest BCUT2D eigenvalue weighted by Gasteiger charge is -2.08. The largest absolute Gasteiger partial charge is 0.326 e. The Balaban J connectivity index is 2.06. The molecule has 20 heavy (non-hydrogen) atoms. The Kier molecular flexibility index (Phi) is 4.83. The number of carbonyl (C=O) groups is 1. The van der Waals surface area contributed by atoms with E-state index in [4.69, 9.17) is 0 Å². The van der Waals surface area contributed by atoms with E-state index in [9.17, 15) is 4.79 Å². The Morgan fingerprint density at radius 1 is 1.35 bits per heavy atom. The summed E-state index contributed by atoms with van der Waals surface area (Å²) in [5.41, 5.74) is 4.12. The first kappa shape index (κ1) is 15.1. The first-order valence-electron chi connectivity index (χ1n) is 6.37. The minimum absolute atomic E-state index is 0.0105. The molecule has 3 nitrogen and oxygen atoms in total. The summed E-state index contributed by atoms with van der Waals surface area (Å²) >= 11 is 3.21. The molecular formula is C15H18N2OS2. The maximum absolute atomic E-state index is 12.1. The van der Waals surface area contributed by atoms with Crippen molar-refractivity contribution in [2.45, 2.75) is 31.5 Å². The summed E-state index contributed by atoms with van der Waals surface area (Å²) in [6, 6.07) is 6.03. The van der Waals surface area contributed by atoms with Crippen LogP contribution in [0.1, 0.15) is 21.7 Å². The van der Waals surface area contributed by atoms with Crippen LogP contribution in [0.2, 0.25) is 0 Å². The number of carbonyl (C=O) groups excluding carboxylic acids is 1. The molecule has 0 saturated heterocycles. The van der Waals surface area contributed by atoms with Gasteiger partial charge in [-0.1, -0.05) is 29.5 Å². The van der Waals surface area contributed by atoms with Gasteiger partial charge in [-0.15, -0.1) is 11.3 Å². The van der Waals surface area contributed by atoms with Gasteiger partial charge in [0.15, 0.2) is 0 Å². The topological polar surface area (TPSA) is 42.0 Å². The molecule has 1 heterocycles. The van der Waals surface area contributed by atoms with Crippen LogP contribution in [0.4, 0.5) is 5.69 Å². The number of thiazole rings is 1. The van der Waals surface area contributed by atoms with Crippen molar-refractivity contribution < 1.29 is 4.79 Å². The van der Waals surface area contributed by atoms with E-state index in [0.717, 1.165) is 26.2 Å². The number of amides is 1. The average Bonchev–Trinajstić information content (AvgIpc) is 2.74. The van der Waals surface area contributed by atoms with Crippen LogP contribution in [0.25, 0.3) is 0 Å². The van der Waals surface area contributed by atoms with E-state index in [1.165, 1.54) is 5.56 Å². The van der Waals surface area contributed by atoms with E-state index in [-0.39, 0.29) is 5.91 Å². The van der Waals surface area contributed by atoms with Gasteiger partial charge in [0, 0.05) is 10.6 Å². The molecule has 0 unspecified atom stereocenters. The molecule has 2 aromatic rings. The predicted molar refractivity (Wildman–Crippen MR) is 86.9 cm³/mol. The summed E-state index contributed by atoms with van der Waals surface area (Å²) in [6.07, 6.45) is 2.38. The van der Waals surface area contributed by atoms with E-state index < -0.39 is 0 Å². The second kappa shape index (κ2) is 6.41. The quantitative estimate of drug-likeness (QED) is 0.869. The lowest BCUT2D eigenvalue weighted by atomic mass is 10.1. The van der Waals surface area contributed by atoms with Gasteiger partial charge in [-0.3, -0.25) is 4.79 Å². The van der Waals surface area contributed by atoms with Crippen molar-refractivity contribution in [3.05, 3.63) is 39.9 Å². The van der Waals surface area contributed by atoms with Gasteiger partial charge in [-0.25, -0.2) is 4.98 Å². The number of hydrogen-bond acceptors (Lipinski definition) is 4. The molecule has 0 fully saturated rings. The van der Waals surface area contributed by atoms with Crippen LogP contribution in [0.3, 0.4) is 0 Å². The number of anilines is 1. The van der Waals surface area contributed by atoms with Crippen LogP contribution in [-0.2, 0) is 11.2 Å². The molecule has 0 spiro atoms. The molecule has 0 aliphatic heterocycles. The predicted octanol–water partition coefficient (Wildman–Crippen LogP) is 3.97. The van der Waals surface area contributed by atoms with E-state index in [2.05, 4.69) is 16.4 Å². The average molecular weight is 306 g/mol. The smallest absolute Gasteiger partial charge is 0.229 e. The van der Waals surface area contributed by atoms with Crippen LogP contribution < -0.4 is 5.32 Å². The second-order valence-corrected chi connectivity index (χ2v) is 6.87. The molecule has 5 heteroatoms. The maximum atomic E-state index is 12.1. The van der Waals surface area contributed by atoms with Crippen molar-refractivity contribution in [3.8, 4) is 0 Å². The standard InChI is InChI=1S/C15H18N2OS2/c1-9-5-6-12(10(2)7-9)17-14(18)8-13-11(3)16-15(19-4)20-13/h5-7H,8H2,1-4H3,(H,17,18). The number of nitrogens with one attached hydrogen (secondary N) is 1. The normalized spacial score (nSPS) is 10.6. The minimum Gasteiger partial charge on any atom is -0.326 e. The van der Waals surface area contributed by atoms with Crippen molar-refractivity contribution in [1.29, 1.82) is 0 Å². The summed E-state index contributed by atoms with van der Waals surface area (Å²) in [6.45, 7) is 6.01. The van der Waals surface area contributed by atoms with Gasteiger partial charge < -0.3 is 5.32 Å². The third-order valence-corrected chi connectivity index (χ3v) is 5.17. The molecule has 1 aromatic carbocycles. The van der Waals surface area contributed by atoms with Gasteiger partial charge in [0.1, 0.15) is 4.34 Å². The summed E-state index contributed by atoms with van der Waals surface area (Å²) in [5.74, 6) is 0.0105. The third kappa shape index (κ3) is 3.61. The monoisotopic (exact) mass is 306 g/mol. The van der Waals surface area contributed by atoms with Gasteiger partial charge in [-0.2, -0.15) is 0 Å². The number of aryl methyl sites for hydroxylation is 3. The number of rotatable bonds is 4. The number of benzene rings is 1. The number of hydrogen-bond donors (Lipinski definition) is 1. The zero-order valence-electron chi connectivity index (χ0n) is 12.1. The highest BCUT2D eigenvalue weighted by Gasteiger charge is 2.12. The van der Waals surface area contributed by atoms with Gasteiger partial charge in [0.25, 0.3) is 0 Å². The van der Waals surface area contributed by atoms with Crippen LogP contribution in [0, 0.1) is 20.8 Å². The van der Waals surface area contributed by atoms with Gasteiger partial charge in [0.05, 0.1) is 12.1 Å². The van der Waals surface area contributed by atoms with Crippen LogP contribution in [-0.4, -0.2) is 17.1 Å². The molecule has 1 N–H and O–H groups in total. The molecule has 106 valence electrons. The first-order valence-corrected chi connectivity index (χ1v) is 8.41. The van der Waals surface area contributed by atoms with E-state index >= 15 is 0 Å². The molecule has 1 aromatic heterocycles. The fourth-order valence-corrected chi connectivity index (χ4v) is 3.60. The first-order chi connectivity index (χ1) is 9.49. The lowest BCUT2D eigenvalue weighted by molar-refractivity contribution is -0.115. The molecule has 2 rings (SSSR count). The van der Waals surface area contributed by atoms with Gasteiger partial charge >= 0.3 is 0 Å². The molecule has 0 aliphatic rings. The van der Waals surface area contributed by atoms with Crippen LogP contribution in [0.5, 0.6) is 0 Å².